The quantitative estimate of drug-likeness (QED) is 0.0285. The molecule has 780 valence electrons. The molecule has 1 aliphatic rings. The van der Waals surface area contributed by atoms with Crippen LogP contribution in [0.3, 0.4) is 0 Å². The summed E-state index contributed by atoms with van der Waals surface area (Å²) in [5, 5.41) is 4.07. The zero-order valence-electron chi connectivity index (χ0n) is 90.9. The van der Waals surface area contributed by atoms with Crippen molar-refractivity contribution >= 4 is 22.3 Å². The summed E-state index contributed by atoms with van der Waals surface area (Å²) in [5.41, 5.74) is 12.8. The average molecular weight is 1920 g/mol. The predicted octanol–water partition coefficient (Wildman–Crippen LogP) is 39.1. The molecule has 0 radical (unpaired) electrons. The maximum absolute atomic E-state index is 6.56. The average Bonchev–Trinajstić information content (AvgIpc) is 1.61. The molecule has 0 spiro atoms. The lowest BCUT2D eigenvalue weighted by Crippen LogP contribution is -2.19. The number of H-pyrrole nitrogens is 4. The van der Waals surface area contributed by atoms with E-state index in [4.69, 9.17) is 18.9 Å². The zero-order valence-corrected chi connectivity index (χ0v) is 90.9. The highest BCUT2D eigenvalue weighted by Gasteiger charge is 2.21. The molecule has 140 heavy (non-hydrogen) atoms. The Morgan fingerprint density at radius 1 is 0.129 bits per heavy atom. The van der Waals surface area contributed by atoms with Gasteiger partial charge in [-0.1, -0.05) is 564 Å². The van der Waals surface area contributed by atoms with Crippen LogP contribution in [0.4, 0.5) is 0 Å². The minimum absolute atomic E-state index is 0.729. The second kappa shape index (κ2) is 79.0. The first-order valence-corrected chi connectivity index (χ1v) is 60.7. The Kier molecular flexibility index (Phi) is 65.6. The fourth-order valence-corrected chi connectivity index (χ4v) is 21.6. The van der Waals surface area contributed by atoms with Gasteiger partial charge in [-0.05, 0) is 145 Å². The van der Waals surface area contributed by atoms with Gasteiger partial charge in [0.2, 0.25) is 0 Å². The maximum atomic E-state index is 6.56. The fraction of sp³-hybridized carbons (Fsp3) is 0.667. The molecule has 1 aliphatic heterocycles. The topological polar surface area (TPSA) is 100 Å². The normalized spacial score (nSPS) is 12.2. The fourth-order valence-electron chi connectivity index (χ4n) is 21.6. The standard InChI is InChI=1S/C132H208N4O4/c1-5-9-13-17-21-25-29-33-37-41-45-49-53-57-61-65-69-73-77-81-109-137-117-93-85-113(86-94-117)129-121-101-103-123(133-121)130(114-87-95-118(96-88-114)138-110-82-78-74-70-66-62-58-54-50-46-42-38-34-30-26-22-18-14-10-6-2)125-105-107-127(135-125)132(116-91-99-120(100-92-116)140-112-84-80-76-72-68-64-60-56-52-48-44-40-36-32-28-24-20-16-12-8-4)128-108-106-126(136-128)131(124-104-102-122(129)134-124)115-89-97-119(98-90-115)139-111-83-79-75-71-67-63-59-55-51-47-43-39-35-31-27-23-19-15-11-7-3/h85-108,133-136H,5-84,109-112H2,1-4H3. The van der Waals surface area contributed by atoms with Crippen molar-refractivity contribution in [1.82, 2.24) is 19.9 Å². The van der Waals surface area contributed by atoms with Gasteiger partial charge in [-0.3, -0.25) is 0 Å². The van der Waals surface area contributed by atoms with Crippen molar-refractivity contribution < 1.29 is 18.9 Å². The Morgan fingerprint density at radius 2 is 0.250 bits per heavy atom. The number of hydrogen-bond acceptors (Lipinski definition) is 4. The van der Waals surface area contributed by atoms with E-state index in [9.17, 15) is 0 Å². The van der Waals surface area contributed by atoms with Crippen LogP contribution in [-0.4, -0.2) is 46.4 Å². The molecule has 8 aromatic rings. The van der Waals surface area contributed by atoms with Gasteiger partial charge in [0.15, 0.2) is 0 Å². The van der Waals surface area contributed by atoms with E-state index in [1.807, 2.05) is 0 Å². The smallest absolute Gasteiger partial charge is 0.119 e. The van der Waals surface area contributed by atoms with E-state index in [2.05, 4.69) is 193 Å². The van der Waals surface area contributed by atoms with E-state index >= 15 is 0 Å². The van der Waals surface area contributed by atoms with Crippen molar-refractivity contribution in [2.75, 3.05) is 26.4 Å². The lowest BCUT2D eigenvalue weighted by atomic mass is 10.0. The highest BCUT2D eigenvalue weighted by atomic mass is 16.5. The molecular weight excluding hydrogens is 1710 g/mol. The zero-order chi connectivity index (χ0) is 97.6. The molecule has 0 saturated heterocycles. The molecular formula is C132H208N4O4. The summed E-state index contributed by atoms with van der Waals surface area (Å²) in [5.74, 6) is 3.64. The molecule has 0 unspecified atom stereocenters. The van der Waals surface area contributed by atoms with E-state index in [-0.39, 0.29) is 0 Å². The van der Waals surface area contributed by atoms with Gasteiger partial charge in [0.05, 0.1) is 26.4 Å². The van der Waals surface area contributed by atoms with Gasteiger partial charge in [0, 0.05) is 66.5 Å². The molecule has 8 bridgehead atoms. The largest absolute Gasteiger partial charge is 0.494 e. The van der Waals surface area contributed by atoms with Crippen LogP contribution in [0.1, 0.15) is 586 Å². The third-order valence-corrected chi connectivity index (χ3v) is 30.5. The van der Waals surface area contributed by atoms with Crippen LogP contribution < -0.4 is 40.3 Å². The van der Waals surface area contributed by atoms with Crippen molar-refractivity contribution in [1.29, 1.82) is 0 Å². The Balaban J connectivity index is 0.867. The number of unbranched alkanes of at least 4 members (excludes halogenated alkanes) is 76. The van der Waals surface area contributed by atoms with Crippen LogP contribution in [0, 0.1) is 0 Å². The van der Waals surface area contributed by atoms with E-state index < -0.39 is 0 Å². The molecule has 4 aromatic carbocycles. The number of aromatic amines is 4. The first-order valence-electron chi connectivity index (χ1n) is 60.7. The number of ether oxygens (including phenoxy) is 4. The lowest BCUT2D eigenvalue weighted by Gasteiger charge is -2.12. The van der Waals surface area contributed by atoms with Gasteiger partial charge in [-0.2, -0.15) is 0 Å². The molecule has 5 heterocycles. The van der Waals surface area contributed by atoms with E-state index in [0.29, 0.717) is 0 Å². The van der Waals surface area contributed by atoms with Gasteiger partial charge in [0.1, 0.15) is 23.0 Å². The Labute approximate surface area is 858 Å². The number of rotatable bonds is 92. The van der Waals surface area contributed by atoms with Crippen LogP contribution in [-0.2, 0) is 0 Å². The van der Waals surface area contributed by atoms with Gasteiger partial charge in [-0.15, -0.1) is 0 Å². The Bertz CT molecular complexity index is 3950. The molecule has 4 N–H and O–H groups in total. The summed E-state index contributed by atoms with van der Waals surface area (Å²) in [6.45, 7) is 12.2. The summed E-state index contributed by atoms with van der Waals surface area (Å²) in [6.07, 6.45) is 110. The van der Waals surface area contributed by atoms with Crippen LogP contribution >= 0.6 is 0 Å². The molecule has 0 amide bonds. The summed E-state index contributed by atoms with van der Waals surface area (Å²) >= 11 is 0. The minimum atomic E-state index is 0.729. The summed E-state index contributed by atoms with van der Waals surface area (Å²) in [6, 6.07) is 53.7. The molecule has 0 aliphatic carbocycles. The lowest BCUT2D eigenvalue weighted by molar-refractivity contribution is 0.304. The van der Waals surface area contributed by atoms with Crippen molar-refractivity contribution in [3.63, 3.8) is 0 Å². The van der Waals surface area contributed by atoms with Gasteiger partial charge < -0.3 is 38.9 Å². The van der Waals surface area contributed by atoms with Crippen molar-refractivity contribution in [2.24, 2.45) is 0 Å². The number of aromatic nitrogens is 4. The SMILES string of the molecule is CCCCCCCCCCCCCCCCCCCCCCOc1ccc(C2=c3ccc([nH]3)=C(c3ccc(OCCCCCCCCCCCCCCCCCCCCCC)cc3)c3ccc([nH]3)C(c3ccc(OCCCCCCCCCCCCCCCCCCCCCC)cc3)=c3ccc([nH]3)=C(c3ccc(OCCCCCCCCCCCCCCCCCCCCCC)cc3)c3ccc2[nH]3)cc1. The third kappa shape index (κ3) is 50.5. The second-order valence-corrected chi connectivity index (χ2v) is 43.0. The number of hydrogen-bond donors (Lipinski definition) is 4. The molecule has 0 saturated carbocycles. The van der Waals surface area contributed by atoms with Gasteiger partial charge in [0.25, 0.3) is 0 Å². The molecule has 0 fully saturated rings. The summed E-state index contributed by atoms with van der Waals surface area (Å²) in [7, 11) is 0. The summed E-state index contributed by atoms with van der Waals surface area (Å²) < 4.78 is 26.2. The van der Waals surface area contributed by atoms with E-state index in [0.717, 1.165) is 164 Å². The van der Waals surface area contributed by atoms with E-state index in [1.165, 1.54) is 488 Å². The van der Waals surface area contributed by atoms with Crippen molar-refractivity contribution in [3.8, 4) is 23.0 Å². The first kappa shape index (κ1) is 116. The minimum Gasteiger partial charge on any atom is -0.494 e. The van der Waals surface area contributed by atoms with Gasteiger partial charge in [-0.25, -0.2) is 0 Å². The van der Waals surface area contributed by atoms with Crippen molar-refractivity contribution in [3.05, 3.63) is 212 Å². The van der Waals surface area contributed by atoms with Gasteiger partial charge >= 0.3 is 0 Å². The molecule has 0 atom stereocenters. The summed E-state index contributed by atoms with van der Waals surface area (Å²) in [4.78, 5) is 16.3. The molecule has 9 rings (SSSR count). The van der Waals surface area contributed by atoms with Crippen molar-refractivity contribution in [2.45, 2.75) is 541 Å². The van der Waals surface area contributed by atoms with Crippen LogP contribution in [0.5, 0.6) is 23.0 Å². The molecule has 4 aromatic heterocycles. The maximum Gasteiger partial charge on any atom is 0.119 e. The Hall–Kier alpha value is -7.32. The highest BCUT2D eigenvalue weighted by Crippen LogP contribution is 2.33. The third-order valence-electron chi connectivity index (χ3n) is 30.5. The highest BCUT2D eigenvalue weighted by molar-refractivity contribution is 5.85. The Morgan fingerprint density at radius 3 is 0.379 bits per heavy atom. The van der Waals surface area contributed by atoms with Crippen LogP contribution in [0.25, 0.3) is 22.3 Å². The monoisotopic (exact) mass is 1910 g/mol. The second-order valence-electron chi connectivity index (χ2n) is 43.0. The van der Waals surface area contributed by atoms with Crippen LogP contribution in [0.2, 0.25) is 0 Å². The van der Waals surface area contributed by atoms with Crippen LogP contribution in [0.15, 0.2) is 146 Å². The predicted molar refractivity (Wildman–Crippen MR) is 608 cm³/mol. The number of benzene rings is 4. The number of nitrogens with one attached hydrogen (secondary N) is 4. The number of fused-ring (bicyclic) bond motifs is 8. The molecule has 8 heteroatoms. The first-order chi connectivity index (χ1) is 69.5. The van der Waals surface area contributed by atoms with E-state index in [1.54, 1.807) is 0 Å². The molecule has 8 nitrogen and oxygen atoms in total.